The molecular formula is C20H28N4O2S. The number of rotatable bonds is 4. The number of fused-ring (bicyclic) bond motifs is 1. The van der Waals surface area contributed by atoms with Crippen molar-refractivity contribution in [3.05, 3.63) is 38.4 Å². The average molecular weight is 389 g/mol. The van der Waals surface area contributed by atoms with Crippen molar-refractivity contribution in [1.29, 1.82) is 0 Å². The van der Waals surface area contributed by atoms with E-state index in [1.54, 1.807) is 11.3 Å². The zero-order chi connectivity index (χ0) is 19.0. The Kier molecular flexibility index (Phi) is 5.34. The standard InChI is InChI=1S/C20H28N4O2S/c1-13-17(14(2)26-22-13)10-24-8-6-16-18(12-27-19(16)11-24)20(25)21-15-5-4-7-23(3)9-15/h12,15H,4-11H2,1-3H3,(H,21,25)/t15-/m1/s1. The van der Waals surface area contributed by atoms with Crippen LogP contribution in [0.15, 0.2) is 9.90 Å². The lowest BCUT2D eigenvalue weighted by molar-refractivity contribution is 0.0911. The Hall–Kier alpha value is -1.70. The number of carbonyl (C=O) groups excluding carboxylic acids is 1. The fourth-order valence-corrected chi connectivity index (χ4v) is 5.33. The summed E-state index contributed by atoms with van der Waals surface area (Å²) in [5, 5.41) is 9.36. The number of amides is 1. The third-order valence-electron chi connectivity index (χ3n) is 5.79. The van der Waals surface area contributed by atoms with Gasteiger partial charge in [-0.1, -0.05) is 5.16 Å². The number of nitrogens with zero attached hydrogens (tertiary/aromatic N) is 3. The smallest absolute Gasteiger partial charge is 0.252 e. The van der Waals surface area contributed by atoms with Crippen LogP contribution in [0, 0.1) is 13.8 Å². The molecule has 0 unspecified atom stereocenters. The molecule has 0 aliphatic carbocycles. The number of piperidine rings is 1. The first-order valence-corrected chi connectivity index (χ1v) is 10.6. The number of likely N-dealkylation sites (N-methyl/N-ethyl adjacent to an activating group) is 1. The first-order valence-electron chi connectivity index (χ1n) is 9.74. The number of aromatic nitrogens is 1. The zero-order valence-electron chi connectivity index (χ0n) is 16.4. The summed E-state index contributed by atoms with van der Waals surface area (Å²) in [4.78, 5) is 18.9. The summed E-state index contributed by atoms with van der Waals surface area (Å²) in [5.41, 5.74) is 4.30. The minimum Gasteiger partial charge on any atom is -0.361 e. The van der Waals surface area contributed by atoms with Gasteiger partial charge in [0.15, 0.2) is 0 Å². The molecule has 0 saturated carbocycles. The number of hydrogen-bond donors (Lipinski definition) is 1. The van der Waals surface area contributed by atoms with Crippen LogP contribution >= 0.6 is 11.3 Å². The third kappa shape index (κ3) is 3.95. The Morgan fingerprint density at radius 2 is 2.26 bits per heavy atom. The van der Waals surface area contributed by atoms with Crippen LogP contribution in [-0.4, -0.2) is 53.6 Å². The van der Waals surface area contributed by atoms with Crippen molar-refractivity contribution in [2.45, 2.75) is 52.2 Å². The predicted octanol–water partition coefficient (Wildman–Crippen LogP) is 2.74. The second-order valence-corrected chi connectivity index (χ2v) is 8.85. The van der Waals surface area contributed by atoms with Crippen LogP contribution in [0.3, 0.4) is 0 Å². The Labute approximate surface area is 164 Å². The molecule has 2 aliphatic heterocycles. The lowest BCUT2D eigenvalue weighted by atomic mass is 10.0. The number of likely N-dealkylation sites (tertiary alicyclic amines) is 1. The fraction of sp³-hybridized carbons (Fsp3) is 0.600. The summed E-state index contributed by atoms with van der Waals surface area (Å²) in [6.07, 6.45) is 3.16. The van der Waals surface area contributed by atoms with Crippen LogP contribution in [0.25, 0.3) is 0 Å². The SMILES string of the molecule is Cc1noc(C)c1CN1CCc2c(C(=O)N[C@@H]3CCCN(C)C3)csc2C1. The molecule has 2 aromatic heterocycles. The minimum absolute atomic E-state index is 0.104. The van der Waals surface area contributed by atoms with Gasteiger partial charge in [0.25, 0.3) is 5.91 Å². The van der Waals surface area contributed by atoms with Gasteiger partial charge in [-0.05, 0) is 52.3 Å². The summed E-state index contributed by atoms with van der Waals surface area (Å²) >= 11 is 1.72. The van der Waals surface area contributed by atoms with Crippen molar-refractivity contribution in [3.8, 4) is 0 Å². The van der Waals surface area contributed by atoms with Crippen molar-refractivity contribution in [3.63, 3.8) is 0 Å². The summed E-state index contributed by atoms with van der Waals surface area (Å²) in [5.74, 6) is 1.01. The van der Waals surface area contributed by atoms with Crippen LogP contribution in [0.1, 0.15) is 50.7 Å². The predicted molar refractivity (Wildman–Crippen MR) is 106 cm³/mol. The van der Waals surface area contributed by atoms with E-state index in [0.717, 1.165) is 69.0 Å². The van der Waals surface area contributed by atoms with Gasteiger partial charge in [-0.2, -0.15) is 0 Å². The van der Waals surface area contributed by atoms with Crippen LogP contribution in [0.5, 0.6) is 0 Å². The van der Waals surface area contributed by atoms with Crippen molar-refractivity contribution in [2.24, 2.45) is 0 Å². The van der Waals surface area contributed by atoms with Gasteiger partial charge >= 0.3 is 0 Å². The normalized spacial score (nSPS) is 21.2. The monoisotopic (exact) mass is 388 g/mol. The summed E-state index contributed by atoms with van der Waals surface area (Å²) in [6.45, 7) is 8.75. The number of hydrogen-bond acceptors (Lipinski definition) is 6. The Balaban J connectivity index is 1.41. The molecule has 146 valence electrons. The third-order valence-corrected chi connectivity index (χ3v) is 6.81. The minimum atomic E-state index is 0.104. The quantitative estimate of drug-likeness (QED) is 0.873. The molecule has 7 heteroatoms. The molecule has 4 heterocycles. The highest BCUT2D eigenvalue weighted by Gasteiger charge is 2.27. The van der Waals surface area contributed by atoms with Gasteiger partial charge in [-0.25, -0.2) is 0 Å². The molecule has 1 fully saturated rings. The lowest BCUT2D eigenvalue weighted by Gasteiger charge is -2.30. The summed E-state index contributed by atoms with van der Waals surface area (Å²) in [7, 11) is 2.12. The number of aryl methyl sites for hydroxylation is 2. The molecule has 0 spiro atoms. The van der Waals surface area contributed by atoms with Gasteiger partial charge < -0.3 is 14.7 Å². The van der Waals surface area contributed by atoms with E-state index in [0.29, 0.717) is 0 Å². The second kappa shape index (κ2) is 7.73. The van der Waals surface area contributed by atoms with Gasteiger partial charge in [0.1, 0.15) is 5.76 Å². The highest BCUT2D eigenvalue weighted by molar-refractivity contribution is 7.10. The Bertz CT molecular complexity index is 809. The van der Waals surface area contributed by atoms with Crippen LogP contribution in [-0.2, 0) is 19.5 Å². The van der Waals surface area contributed by atoms with Gasteiger partial charge in [0, 0.05) is 48.0 Å². The zero-order valence-corrected chi connectivity index (χ0v) is 17.2. The molecule has 0 aromatic carbocycles. The number of nitrogens with one attached hydrogen (secondary N) is 1. The molecule has 1 amide bonds. The molecule has 0 radical (unpaired) electrons. The maximum absolute atomic E-state index is 12.8. The number of thiophene rings is 1. The van der Waals surface area contributed by atoms with E-state index in [4.69, 9.17) is 4.52 Å². The molecule has 2 aromatic rings. The highest BCUT2D eigenvalue weighted by Crippen LogP contribution is 2.30. The van der Waals surface area contributed by atoms with Crippen molar-refractivity contribution < 1.29 is 9.32 Å². The molecule has 1 atom stereocenters. The first-order chi connectivity index (χ1) is 13.0. The van der Waals surface area contributed by atoms with Crippen LogP contribution in [0.2, 0.25) is 0 Å². The maximum atomic E-state index is 12.8. The lowest BCUT2D eigenvalue weighted by Crippen LogP contribution is -2.46. The van der Waals surface area contributed by atoms with E-state index in [1.165, 1.54) is 16.0 Å². The number of carbonyl (C=O) groups is 1. The summed E-state index contributed by atoms with van der Waals surface area (Å²) < 4.78 is 5.29. The van der Waals surface area contributed by atoms with Gasteiger partial charge in [0.05, 0.1) is 11.3 Å². The van der Waals surface area contributed by atoms with E-state index >= 15 is 0 Å². The Morgan fingerprint density at radius 3 is 3.00 bits per heavy atom. The molecular weight excluding hydrogens is 360 g/mol. The second-order valence-electron chi connectivity index (χ2n) is 7.89. The van der Waals surface area contributed by atoms with E-state index in [1.807, 2.05) is 19.2 Å². The van der Waals surface area contributed by atoms with Gasteiger partial charge in [-0.15, -0.1) is 11.3 Å². The highest BCUT2D eigenvalue weighted by atomic mass is 32.1. The first kappa shape index (κ1) is 18.7. The molecule has 1 N–H and O–H groups in total. The Morgan fingerprint density at radius 1 is 1.41 bits per heavy atom. The van der Waals surface area contributed by atoms with E-state index in [9.17, 15) is 4.79 Å². The molecule has 1 saturated heterocycles. The van der Waals surface area contributed by atoms with Crippen LogP contribution < -0.4 is 5.32 Å². The largest absolute Gasteiger partial charge is 0.361 e. The molecule has 27 heavy (non-hydrogen) atoms. The van der Waals surface area contributed by atoms with E-state index in [2.05, 4.69) is 27.3 Å². The summed E-state index contributed by atoms with van der Waals surface area (Å²) in [6, 6.07) is 0.270. The average Bonchev–Trinajstić information content (AvgIpc) is 3.20. The molecule has 6 nitrogen and oxygen atoms in total. The van der Waals surface area contributed by atoms with E-state index in [-0.39, 0.29) is 11.9 Å². The van der Waals surface area contributed by atoms with E-state index < -0.39 is 0 Å². The van der Waals surface area contributed by atoms with Gasteiger partial charge in [-0.3, -0.25) is 9.69 Å². The van der Waals surface area contributed by atoms with Crippen molar-refractivity contribution >= 4 is 17.2 Å². The maximum Gasteiger partial charge on any atom is 0.252 e. The fourth-order valence-electron chi connectivity index (χ4n) is 4.21. The molecule has 4 rings (SSSR count). The van der Waals surface area contributed by atoms with Crippen molar-refractivity contribution in [1.82, 2.24) is 20.3 Å². The van der Waals surface area contributed by atoms with Crippen molar-refractivity contribution in [2.75, 3.05) is 26.7 Å². The van der Waals surface area contributed by atoms with Gasteiger partial charge in [0.2, 0.25) is 0 Å². The van der Waals surface area contributed by atoms with Crippen LogP contribution in [0.4, 0.5) is 0 Å². The molecule has 0 bridgehead atoms. The molecule has 2 aliphatic rings. The topological polar surface area (TPSA) is 61.6 Å².